The fraction of sp³-hybridized carbons (Fsp3) is 0.233. The van der Waals surface area contributed by atoms with Gasteiger partial charge in [0, 0.05) is 30.5 Å². The van der Waals surface area contributed by atoms with Crippen LogP contribution >= 0.6 is 0 Å². The molecule has 0 saturated carbocycles. The van der Waals surface area contributed by atoms with Crippen molar-refractivity contribution in [3.63, 3.8) is 0 Å². The van der Waals surface area contributed by atoms with Crippen molar-refractivity contribution in [1.29, 1.82) is 0 Å². The van der Waals surface area contributed by atoms with Gasteiger partial charge in [-0.1, -0.05) is 54.1 Å². The Balaban J connectivity index is 1.43. The van der Waals surface area contributed by atoms with Crippen LogP contribution in [0.1, 0.15) is 44.9 Å². The van der Waals surface area contributed by atoms with Crippen LogP contribution in [0, 0.1) is 13.8 Å². The van der Waals surface area contributed by atoms with E-state index in [2.05, 4.69) is 10.3 Å². The Morgan fingerprint density at radius 3 is 2.54 bits per heavy atom. The smallest absolute Gasteiger partial charge is 0.303 e. The van der Waals surface area contributed by atoms with Crippen LogP contribution in [0.4, 0.5) is 0 Å². The number of hydrogen-bond donors (Lipinski definition) is 2. The summed E-state index contributed by atoms with van der Waals surface area (Å²) in [4.78, 5) is 28.8. The van der Waals surface area contributed by atoms with Crippen molar-refractivity contribution in [3.05, 3.63) is 107 Å². The van der Waals surface area contributed by atoms with Crippen molar-refractivity contribution in [2.24, 2.45) is 0 Å². The number of aryl methyl sites for hydroxylation is 3. The second-order valence-electron chi connectivity index (χ2n) is 8.87. The van der Waals surface area contributed by atoms with Gasteiger partial charge in [0.2, 0.25) is 5.89 Å². The highest BCUT2D eigenvalue weighted by Gasteiger charge is 2.15. The van der Waals surface area contributed by atoms with Crippen LogP contribution in [-0.4, -0.2) is 28.6 Å². The minimum absolute atomic E-state index is 0.0620. The van der Waals surface area contributed by atoms with Crippen LogP contribution in [0.2, 0.25) is 0 Å². The van der Waals surface area contributed by atoms with Gasteiger partial charge in [-0.05, 0) is 55.7 Å². The summed E-state index contributed by atoms with van der Waals surface area (Å²) in [5, 5.41) is 12.1. The lowest BCUT2D eigenvalue weighted by molar-refractivity contribution is -0.136. The zero-order valence-electron chi connectivity index (χ0n) is 21.0. The van der Waals surface area contributed by atoms with Gasteiger partial charge >= 0.3 is 5.97 Å². The third kappa shape index (κ3) is 7.07. The number of aromatic nitrogens is 1. The molecule has 0 aliphatic heterocycles. The number of rotatable bonds is 11. The van der Waals surface area contributed by atoms with E-state index in [1.807, 2.05) is 68.4 Å². The quantitative estimate of drug-likeness (QED) is 0.282. The normalized spacial score (nSPS) is 10.8. The van der Waals surface area contributed by atoms with Gasteiger partial charge in [0.25, 0.3) is 5.91 Å². The molecule has 3 aromatic carbocycles. The molecule has 7 nitrogen and oxygen atoms in total. The molecule has 190 valence electrons. The summed E-state index contributed by atoms with van der Waals surface area (Å²) < 4.78 is 11.8. The molecule has 0 aliphatic rings. The topological polar surface area (TPSA) is 102 Å². The fourth-order valence-electron chi connectivity index (χ4n) is 4.05. The standard InChI is InChI=1S/C30H30N2O5/c1-20-7-6-8-22(17-20)19-31-29(35)26-18-25(13-11-23(26)12-14-28(33)34)36-16-15-27-21(2)37-30(32-27)24-9-4-3-5-10-24/h3-11,13,17-18H,12,14-16,19H2,1-2H3,(H,31,35)(H,33,34). The molecule has 0 saturated heterocycles. The van der Waals surface area contributed by atoms with Crippen molar-refractivity contribution >= 4 is 11.9 Å². The van der Waals surface area contributed by atoms with E-state index < -0.39 is 5.97 Å². The van der Waals surface area contributed by atoms with Crippen molar-refractivity contribution in [2.45, 2.75) is 39.7 Å². The fourth-order valence-corrected chi connectivity index (χ4v) is 4.05. The molecule has 1 aromatic heterocycles. The van der Waals surface area contributed by atoms with E-state index in [-0.39, 0.29) is 18.7 Å². The van der Waals surface area contributed by atoms with E-state index in [0.29, 0.717) is 42.3 Å². The average Bonchev–Trinajstić information content (AvgIpc) is 3.27. The van der Waals surface area contributed by atoms with Crippen LogP contribution in [0.3, 0.4) is 0 Å². The molecule has 0 fully saturated rings. The van der Waals surface area contributed by atoms with E-state index in [4.69, 9.17) is 14.3 Å². The summed E-state index contributed by atoms with van der Waals surface area (Å²) in [5.74, 6) is 0.659. The molecule has 0 atom stereocenters. The molecule has 4 rings (SSSR count). The van der Waals surface area contributed by atoms with Crippen LogP contribution in [0.15, 0.2) is 77.2 Å². The number of benzene rings is 3. The van der Waals surface area contributed by atoms with Gasteiger partial charge < -0.3 is 19.6 Å². The van der Waals surface area contributed by atoms with Crippen molar-refractivity contribution < 1.29 is 23.8 Å². The first-order valence-corrected chi connectivity index (χ1v) is 12.2. The monoisotopic (exact) mass is 498 g/mol. The van der Waals surface area contributed by atoms with E-state index in [1.165, 1.54) is 0 Å². The first-order valence-electron chi connectivity index (χ1n) is 12.2. The molecular formula is C30H30N2O5. The third-order valence-electron chi connectivity index (χ3n) is 5.99. The van der Waals surface area contributed by atoms with Crippen molar-refractivity contribution in [3.8, 4) is 17.2 Å². The molecule has 4 aromatic rings. The molecule has 2 N–H and O–H groups in total. The van der Waals surface area contributed by atoms with Gasteiger partial charge in [0.15, 0.2) is 0 Å². The number of carbonyl (C=O) groups is 2. The number of hydrogen-bond acceptors (Lipinski definition) is 5. The lowest BCUT2D eigenvalue weighted by atomic mass is 10.0. The lowest BCUT2D eigenvalue weighted by Crippen LogP contribution is -2.24. The number of carbonyl (C=O) groups excluding carboxylic acids is 1. The number of amides is 1. The first kappa shape index (κ1) is 25.7. The molecule has 37 heavy (non-hydrogen) atoms. The summed E-state index contributed by atoms with van der Waals surface area (Å²) in [6.45, 7) is 4.60. The van der Waals surface area contributed by atoms with Gasteiger partial charge in [0.05, 0.1) is 12.3 Å². The number of aliphatic carboxylic acids is 1. The van der Waals surface area contributed by atoms with Gasteiger partial charge in [-0.25, -0.2) is 4.98 Å². The Morgan fingerprint density at radius 1 is 0.973 bits per heavy atom. The van der Waals surface area contributed by atoms with Crippen molar-refractivity contribution in [1.82, 2.24) is 10.3 Å². The average molecular weight is 499 g/mol. The molecule has 0 unspecified atom stereocenters. The molecule has 1 heterocycles. The van der Waals surface area contributed by atoms with Crippen LogP contribution in [-0.2, 0) is 24.2 Å². The number of carboxylic acids is 1. The minimum Gasteiger partial charge on any atom is -0.493 e. The predicted octanol–water partition coefficient (Wildman–Crippen LogP) is 5.53. The maximum Gasteiger partial charge on any atom is 0.303 e. The van der Waals surface area contributed by atoms with Gasteiger partial charge in [0.1, 0.15) is 11.5 Å². The van der Waals surface area contributed by atoms with Crippen LogP contribution in [0.5, 0.6) is 5.75 Å². The maximum absolute atomic E-state index is 13.1. The first-order chi connectivity index (χ1) is 17.9. The molecule has 0 radical (unpaired) electrons. The van der Waals surface area contributed by atoms with Gasteiger partial charge in [-0.15, -0.1) is 0 Å². The predicted molar refractivity (Wildman–Crippen MR) is 141 cm³/mol. The third-order valence-corrected chi connectivity index (χ3v) is 5.99. The Kier molecular flexibility index (Phi) is 8.36. The Bertz CT molecular complexity index is 1380. The number of ether oxygens (including phenoxy) is 1. The van der Waals surface area contributed by atoms with E-state index in [0.717, 1.165) is 28.1 Å². The number of nitrogens with zero attached hydrogens (tertiary/aromatic N) is 1. The Morgan fingerprint density at radius 2 is 1.78 bits per heavy atom. The highest BCUT2D eigenvalue weighted by Crippen LogP contribution is 2.23. The summed E-state index contributed by atoms with van der Waals surface area (Å²) >= 11 is 0. The summed E-state index contributed by atoms with van der Waals surface area (Å²) in [5.41, 5.74) is 4.91. The Labute approximate surface area is 216 Å². The Hall–Kier alpha value is -4.39. The molecule has 0 aliphatic carbocycles. The number of oxazole rings is 1. The second-order valence-corrected chi connectivity index (χ2v) is 8.87. The molecule has 0 bridgehead atoms. The highest BCUT2D eigenvalue weighted by molar-refractivity contribution is 5.96. The maximum atomic E-state index is 13.1. The van der Waals surface area contributed by atoms with Crippen LogP contribution < -0.4 is 10.1 Å². The summed E-state index contributed by atoms with van der Waals surface area (Å²) in [6, 6.07) is 22.8. The van der Waals surface area contributed by atoms with E-state index in [9.17, 15) is 9.59 Å². The summed E-state index contributed by atoms with van der Waals surface area (Å²) in [7, 11) is 0. The zero-order valence-corrected chi connectivity index (χ0v) is 21.0. The molecular weight excluding hydrogens is 468 g/mol. The number of carboxylic acid groups (broad SMARTS) is 1. The van der Waals surface area contributed by atoms with Crippen molar-refractivity contribution in [2.75, 3.05) is 6.61 Å². The summed E-state index contributed by atoms with van der Waals surface area (Å²) in [6.07, 6.45) is 0.731. The highest BCUT2D eigenvalue weighted by atomic mass is 16.5. The molecule has 0 spiro atoms. The molecule has 7 heteroatoms. The lowest BCUT2D eigenvalue weighted by Gasteiger charge is -2.13. The SMILES string of the molecule is Cc1cccc(CNC(=O)c2cc(OCCc3nc(-c4ccccc4)oc3C)ccc2CCC(=O)O)c1. The minimum atomic E-state index is -0.913. The largest absolute Gasteiger partial charge is 0.493 e. The zero-order chi connectivity index (χ0) is 26.2. The van der Waals surface area contributed by atoms with Gasteiger partial charge in [-0.2, -0.15) is 0 Å². The molecule has 1 amide bonds. The van der Waals surface area contributed by atoms with Gasteiger partial charge in [-0.3, -0.25) is 9.59 Å². The van der Waals surface area contributed by atoms with E-state index in [1.54, 1.807) is 18.2 Å². The number of nitrogens with one attached hydrogen (secondary N) is 1. The van der Waals surface area contributed by atoms with Crippen LogP contribution in [0.25, 0.3) is 11.5 Å². The van der Waals surface area contributed by atoms with E-state index >= 15 is 0 Å². The second kappa shape index (κ2) is 12.0.